The van der Waals surface area contributed by atoms with E-state index in [1.54, 1.807) is 42.6 Å². The molecule has 15 nitrogen and oxygen atoms in total. The summed E-state index contributed by atoms with van der Waals surface area (Å²) in [7, 11) is -7.86. The number of aromatic nitrogens is 1. The minimum Gasteiger partial charge on any atom is -0.490 e. The molecule has 0 spiro atoms. The molecule has 0 radical (unpaired) electrons. The number of sulfone groups is 1. The van der Waals surface area contributed by atoms with Crippen LogP contribution >= 0.6 is 0 Å². The maximum Gasteiger partial charge on any atom is 0.490 e. The Morgan fingerprint density at radius 3 is 2.19 bits per heavy atom. The number of nitrogen functional groups attached to an aromatic ring is 1. The van der Waals surface area contributed by atoms with E-state index >= 15 is 0 Å². The maximum absolute atomic E-state index is 14.0. The Kier molecular flexibility index (Phi) is 13.9. The Balaban J connectivity index is 0.000000980. The number of rotatable bonds is 14. The normalized spacial score (nSPS) is 12.3. The number of halogens is 3. The zero-order valence-electron chi connectivity index (χ0n) is 28.9. The molecule has 1 atom stereocenters. The van der Waals surface area contributed by atoms with E-state index in [-0.39, 0.29) is 34.5 Å². The third kappa shape index (κ3) is 12.1. The van der Waals surface area contributed by atoms with E-state index in [1.807, 2.05) is 26.8 Å². The SMILES string of the molecule is CCOc1cc(C(Nc2ccc3c(N)nccc3c2)C(=O)NCc2cc(NS(N)(=O)=O)ccc2S(=O)(=O)CC)ccc1OC(C)C.O=C(O)C(F)(F)F. The number of anilines is 3. The molecule has 3 aromatic carbocycles. The summed E-state index contributed by atoms with van der Waals surface area (Å²) in [6.45, 7) is 7.24. The lowest BCUT2D eigenvalue weighted by atomic mass is 10.0. The zero-order chi connectivity index (χ0) is 39.7. The molecule has 1 aromatic heterocycles. The zero-order valence-corrected chi connectivity index (χ0v) is 30.5. The van der Waals surface area contributed by atoms with E-state index in [4.69, 9.17) is 30.2 Å². The second kappa shape index (κ2) is 17.5. The Morgan fingerprint density at radius 2 is 1.60 bits per heavy atom. The van der Waals surface area contributed by atoms with Crippen molar-refractivity contribution in [1.82, 2.24) is 10.3 Å². The number of nitrogens with zero attached hydrogens (tertiary/aromatic N) is 1. The second-order valence-electron chi connectivity index (χ2n) is 11.4. The minimum atomic E-state index is -5.08. The number of fused-ring (bicyclic) bond motifs is 1. The van der Waals surface area contributed by atoms with Crippen LogP contribution in [0.3, 0.4) is 0 Å². The summed E-state index contributed by atoms with van der Waals surface area (Å²) in [5.41, 5.74) is 7.38. The third-order valence-corrected chi connectivity index (χ3v) is 9.41. The van der Waals surface area contributed by atoms with Gasteiger partial charge in [0.05, 0.1) is 29.0 Å². The van der Waals surface area contributed by atoms with Gasteiger partial charge in [0.25, 0.3) is 10.2 Å². The molecule has 4 aromatic rings. The number of hydrogen-bond acceptors (Lipinski definition) is 11. The van der Waals surface area contributed by atoms with Gasteiger partial charge in [0.1, 0.15) is 11.9 Å². The summed E-state index contributed by atoms with van der Waals surface area (Å²) in [6.07, 6.45) is -3.61. The van der Waals surface area contributed by atoms with Gasteiger partial charge in [-0.15, -0.1) is 0 Å². The molecular formula is C33H39F3N6O9S2. The van der Waals surface area contributed by atoms with Crippen LogP contribution in [-0.2, 0) is 36.2 Å². The first-order valence-electron chi connectivity index (χ1n) is 15.7. The molecule has 0 bridgehead atoms. The summed E-state index contributed by atoms with van der Waals surface area (Å²) < 4.78 is 94.6. The van der Waals surface area contributed by atoms with Gasteiger partial charge in [0, 0.05) is 23.8 Å². The predicted molar refractivity (Wildman–Crippen MR) is 192 cm³/mol. The van der Waals surface area contributed by atoms with E-state index in [1.165, 1.54) is 25.1 Å². The number of carbonyl (C=O) groups is 2. The second-order valence-corrected chi connectivity index (χ2v) is 14.9. The number of carbonyl (C=O) groups excluding carboxylic acids is 1. The van der Waals surface area contributed by atoms with Gasteiger partial charge in [0.2, 0.25) is 5.91 Å². The maximum atomic E-state index is 14.0. The van der Waals surface area contributed by atoms with Gasteiger partial charge in [0.15, 0.2) is 21.3 Å². The Morgan fingerprint density at radius 1 is 0.943 bits per heavy atom. The van der Waals surface area contributed by atoms with Crippen molar-refractivity contribution in [2.45, 2.75) is 57.5 Å². The molecule has 1 heterocycles. The first-order chi connectivity index (χ1) is 24.6. The van der Waals surface area contributed by atoms with Crippen LogP contribution in [0.5, 0.6) is 11.5 Å². The minimum absolute atomic E-state index is 0.0449. The molecule has 8 N–H and O–H groups in total. The smallest absolute Gasteiger partial charge is 0.490 e. The van der Waals surface area contributed by atoms with Crippen LogP contribution in [0, 0.1) is 0 Å². The summed E-state index contributed by atoms with van der Waals surface area (Å²) in [4.78, 5) is 26.9. The van der Waals surface area contributed by atoms with Gasteiger partial charge in [-0.25, -0.2) is 23.3 Å². The number of hydrogen-bond donors (Lipinski definition) is 6. The molecule has 0 aliphatic carbocycles. The molecule has 0 saturated carbocycles. The summed E-state index contributed by atoms with van der Waals surface area (Å²) in [5, 5.41) is 19.9. The van der Waals surface area contributed by atoms with Gasteiger partial charge < -0.3 is 30.9 Å². The number of alkyl halides is 3. The molecule has 1 unspecified atom stereocenters. The number of pyridine rings is 1. The van der Waals surface area contributed by atoms with E-state index < -0.39 is 44.1 Å². The fourth-order valence-corrected chi connectivity index (χ4v) is 6.34. The van der Waals surface area contributed by atoms with E-state index in [0.29, 0.717) is 35.2 Å². The Labute approximate surface area is 304 Å². The number of ether oxygens (including phenoxy) is 2. The number of nitrogens with one attached hydrogen (secondary N) is 3. The van der Waals surface area contributed by atoms with Crippen molar-refractivity contribution in [3.63, 3.8) is 0 Å². The molecule has 4 rings (SSSR count). The van der Waals surface area contributed by atoms with Crippen LogP contribution in [0.2, 0.25) is 0 Å². The largest absolute Gasteiger partial charge is 0.490 e. The number of amides is 1. The van der Waals surface area contributed by atoms with Crippen molar-refractivity contribution >= 4 is 59.9 Å². The highest BCUT2D eigenvalue weighted by atomic mass is 32.2. The lowest BCUT2D eigenvalue weighted by Crippen LogP contribution is -2.33. The molecule has 1 amide bonds. The molecule has 0 saturated heterocycles. The van der Waals surface area contributed by atoms with Gasteiger partial charge in [-0.1, -0.05) is 13.0 Å². The number of benzene rings is 3. The fourth-order valence-electron chi connectivity index (χ4n) is 4.77. The van der Waals surface area contributed by atoms with Crippen molar-refractivity contribution < 1.29 is 54.2 Å². The quantitative estimate of drug-likeness (QED) is 0.103. The Bertz CT molecular complexity index is 2170. The van der Waals surface area contributed by atoms with Crippen molar-refractivity contribution in [3.8, 4) is 11.5 Å². The Hall–Kier alpha value is -5.34. The first-order valence-corrected chi connectivity index (χ1v) is 18.9. The van der Waals surface area contributed by atoms with E-state index in [2.05, 4.69) is 20.3 Å². The number of aliphatic carboxylic acids is 1. The van der Waals surface area contributed by atoms with Crippen LogP contribution in [-0.4, -0.2) is 63.4 Å². The van der Waals surface area contributed by atoms with Crippen LogP contribution in [0.25, 0.3) is 10.8 Å². The summed E-state index contributed by atoms with van der Waals surface area (Å²) >= 11 is 0. The van der Waals surface area contributed by atoms with Crippen LogP contribution in [0.15, 0.2) is 71.8 Å². The van der Waals surface area contributed by atoms with E-state index in [9.17, 15) is 34.8 Å². The van der Waals surface area contributed by atoms with Crippen LogP contribution in [0.1, 0.15) is 44.9 Å². The average molecular weight is 785 g/mol. The molecule has 0 aliphatic rings. The topological polar surface area (TPSA) is 242 Å². The molecule has 0 fully saturated rings. The fraction of sp³-hybridized carbons (Fsp3) is 0.303. The van der Waals surface area contributed by atoms with Gasteiger partial charge in [-0.2, -0.15) is 21.6 Å². The standard InChI is InChI=1S/C31H38N6O7S2.C2HF3O2/c1-5-43-27-17-21(7-11-26(27)44-19(3)4)29(36-23-8-10-25-20(15-23)13-14-34-30(25)32)31(38)35-18-22-16-24(37-46(33,41)42)9-12-28(22)45(39,40)6-2;3-2(4,5)1(6)7/h7-17,19,29,36-37H,5-6,18H2,1-4H3,(H2,32,34)(H,35,38)(H2,33,41,42);(H,6,7). The van der Waals surface area contributed by atoms with Gasteiger partial charge in [-0.05, 0) is 91.9 Å². The molecule has 20 heteroatoms. The molecule has 0 aliphatic heterocycles. The predicted octanol–water partition coefficient (Wildman–Crippen LogP) is 4.51. The van der Waals surface area contributed by atoms with Gasteiger partial charge >= 0.3 is 12.1 Å². The van der Waals surface area contributed by atoms with Crippen molar-refractivity contribution in [3.05, 3.63) is 78.0 Å². The van der Waals surface area contributed by atoms with Crippen molar-refractivity contribution in [2.24, 2.45) is 5.14 Å². The third-order valence-electron chi connectivity index (χ3n) is 7.06. The molecule has 53 heavy (non-hydrogen) atoms. The first kappa shape index (κ1) is 42.1. The monoisotopic (exact) mass is 784 g/mol. The highest BCUT2D eigenvalue weighted by Gasteiger charge is 2.38. The number of nitrogens with two attached hydrogens (primary N) is 2. The summed E-state index contributed by atoms with van der Waals surface area (Å²) in [5.74, 6) is -2.12. The highest BCUT2D eigenvalue weighted by Crippen LogP contribution is 2.34. The average Bonchev–Trinajstić information content (AvgIpc) is 3.06. The summed E-state index contributed by atoms with van der Waals surface area (Å²) in [6, 6.07) is 15.3. The number of carboxylic acids is 1. The molecular weight excluding hydrogens is 746 g/mol. The lowest BCUT2D eigenvalue weighted by molar-refractivity contribution is -0.192. The molecule has 288 valence electrons. The van der Waals surface area contributed by atoms with Gasteiger partial charge in [-0.3, -0.25) is 9.52 Å². The lowest BCUT2D eigenvalue weighted by Gasteiger charge is -2.23. The van der Waals surface area contributed by atoms with Crippen LogP contribution in [0.4, 0.5) is 30.4 Å². The van der Waals surface area contributed by atoms with Crippen LogP contribution < -0.4 is 35.7 Å². The highest BCUT2D eigenvalue weighted by molar-refractivity contribution is 7.91. The van der Waals surface area contributed by atoms with Crippen molar-refractivity contribution in [1.29, 1.82) is 0 Å². The van der Waals surface area contributed by atoms with E-state index in [0.717, 1.165) is 10.8 Å². The number of carboxylic acid groups (broad SMARTS) is 1. The van der Waals surface area contributed by atoms with Crippen molar-refractivity contribution in [2.75, 3.05) is 28.1 Å².